The topological polar surface area (TPSA) is 188 Å². The third-order valence-electron chi connectivity index (χ3n) is 4.47. The van der Waals surface area contributed by atoms with Crippen molar-refractivity contribution in [1.29, 1.82) is 0 Å². The van der Waals surface area contributed by atoms with Crippen LogP contribution in [-0.4, -0.2) is 48.8 Å². The number of aromatic nitrogens is 6. The Morgan fingerprint density at radius 2 is 1.87 bits per heavy atom. The molecule has 12 nitrogen and oxygen atoms in total. The van der Waals surface area contributed by atoms with Crippen molar-refractivity contribution < 1.29 is 19.1 Å². The van der Waals surface area contributed by atoms with E-state index in [1.54, 1.807) is 6.20 Å². The summed E-state index contributed by atoms with van der Waals surface area (Å²) in [6.45, 7) is 3.12. The number of rotatable bonds is 5. The number of pyridine rings is 2. The first-order valence-corrected chi connectivity index (χ1v) is 9.02. The Morgan fingerprint density at radius 3 is 2.52 bits per heavy atom. The summed E-state index contributed by atoms with van der Waals surface area (Å²) in [4.78, 5) is 47.9. The summed E-state index contributed by atoms with van der Waals surface area (Å²) >= 11 is 0. The summed E-state index contributed by atoms with van der Waals surface area (Å²) < 4.78 is 10.6. The van der Waals surface area contributed by atoms with Crippen LogP contribution in [0.4, 0.5) is 11.5 Å². The van der Waals surface area contributed by atoms with Gasteiger partial charge in [0.25, 0.3) is 5.88 Å². The van der Waals surface area contributed by atoms with Gasteiger partial charge in [-0.1, -0.05) is 0 Å². The van der Waals surface area contributed by atoms with Crippen LogP contribution in [0.2, 0.25) is 0 Å². The zero-order chi connectivity index (χ0) is 22.3. The molecule has 0 aliphatic carbocycles. The van der Waals surface area contributed by atoms with Gasteiger partial charge in [0, 0.05) is 18.1 Å². The van der Waals surface area contributed by atoms with E-state index in [0.717, 1.165) is 5.69 Å². The number of hydrogen-bond donors (Lipinski definition) is 4. The molecule has 4 rings (SSSR count). The van der Waals surface area contributed by atoms with Crippen LogP contribution in [0.3, 0.4) is 0 Å². The molecule has 0 saturated heterocycles. The molecular formula is C19H18N8O4. The molecule has 6 N–H and O–H groups in total. The molecule has 0 amide bonds. The number of esters is 1. The highest BCUT2D eigenvalue weighted by Crippen LogP contribution is 2.37. The van der Waals surface area contributed by atoms with Gasteiger partial charge in [-0.15, -0.1) is 0 Å². The van der Waals surface area contributed by atoms with Crippen molar-refractivity contribution >= 4 is 34.4 Å². The Labute approximate surface area is 175 Å². The van der Waals surface area contributed by atoms with Crippen LogP contribution < -0.4 is 20.9 Å². The number of nitrogens with two attached hydrogens (primary N) is 2. The predicted octanol–water partition coefficient (Wildman–Crippen LogP) is 1.65. The minimum Gasteiger partial charge on any atom is -0.478 e. The Bertz CT molecular complexity index is 1340. The second kappa shape index (κ2) is 7.40. The highest BCUT2D eigenvalue weighted by molar-refractivity contribution is 6.07. The van der Waals surface area contributed by atoms with Gasteiger partial charge < -0.3 is 30.9 Å². The molecule has 0 aliphatic rings. The number of ketones is 1. The first-order chi connectivity index (χ1) is 14.8. The smallest absolute Gasteiger partial charge is 0.346 e. The summed E-state index contributed by atoms with van der Waals surface area (Å²) in [7, 11) is 1.30. The Balaban J connectivity index is 1.79. The van der Waals surface area contributed by atoms with E-state index in [4.69, 9.17) is 20.9 Å². The highest BCUT2D eigenvalue weighted by atomic mass is 16.6. The number of methoxy groups -OCH3 is 1. The zero-order valence-corrected chi connectivity index (χ0v) is 16.8. The van der Waals surface area contributed by atoms with Gasteiger partial charge >= 0.3 is 5.97 Å². The van der Waals surface area contributed by atoms with Gasteiger partial charge in [0.15, 0.2) is 28.9 Å². The van der Waals surface area contributed by atoms with E-state index < -0.39 is 11.8 Å². The van der Waals surface area contributed by atoms with Crippen molar-refractivity contribution in [2.24, 2.45) is 0 Å². The molecule has 0 spiro atoms. The van der Waals surface area contributed by atoms with E-state index in [0.29, 0.717) is 17.2 Å². The lowest BCUT2D eigenvalue weighted by Crippen LogP contribution is -2.16. The largest absolute Gasteiger partial charge is 0.478 e. The molecular weight excluding hydrogens is 404 g/mol. The number of nitrogen functional groups attached to an aromatic ring is 2. The number of ether oxygens (including phenoxy) is 2. The molecule has 4 heterocycles. The number of carbonyl (C=O) groups is 2. The lowest BCUT2D eigenvalue weighted by Gasteiger charge is -2.15. The molecule has 4 aromatic heterocycles. The molecule has 4 aromatic rings. The Hall–Kier alpha value is -4.48. The molecule has 158 valence electrons. The highest BCUT2D eigenvalue weighted by Gasteiger charge is 2.26. The fraction of sp³-hybridized carbons (Fsp3) is 0.158. The van der Waals surface area contributed by atoms with Gasteiger partial charge in [-0.3, -0.25) is 4.79 Å². The average molecular weight is 422 g/mol. The number of nitrogens with zero attached hydrogens (tertiary/aromatic N) is 4. The summed E-state index contributed by atoms with van der Waals surface area (Å²) in [5.41, 5.74) is 13.0. The molecule has 0 atom stereocenters. The molecule has 0 aliphatic heterocycles. The predicted molar refractivity (Wildman–Crippen MR) is 111 cm³/mol. The van der Waals surface area contributed by atoms with Crippen LogP contribution in [0.25, 0.3) is 22.8 Å². The van der Waals surface area contributed by atoms with Crippen LogP contribution in [0.15, 0.2) is 18.5 Å². The first-order valence-electron chi connectivity index (χ1n) is 9.02. The normalized spacial score (nSPS) is 10.9. The van der Waals surface area contributed by atoms with Crippen molar-refractivity contribution in [3.63, 3.8) is 0 Å². The van der Waals surface area contributed by atoms with Crippen LogP contribution in [0.1, 0.15) is 33.3 Å². The van der Waals surface area contributed by atoms with Crippen LogP contribution >= 0.6 is 0 Å². The fourth-order valence-corrected chi connectivity index (χ4v) is 3.03. The number of aryl methyl sites for hydroxylation is 1. The Kier molecular flexibility index (Phi) is 4.73. The van der Waals surface area contributed by atoms with Crippen molar-refractivity contribution in [3.8, 4) is 23.3 Å². The molecule has 0 bridgehead atoms. The van der Waals surface area contributed by atoms with Crippen molar-refractivity contribution in [2.45, 2.75) is 13.8 Å². The number of H-pyrrole nitrogens is 2. The van der Waals surface area contributed by atoms with Crippen LogP contribution in [0, 0.1) is 6.92 Å². The van der Waals surface area contributed by atoms with Crippen molar-refractivity contribution in [2.75, 3.05) is 18.6 Å². The standard InChI is InChI=1S/C19H18N8O4/c1-7-6-23-16(24-7)17-25-12-9(4-5-22-15(12)27-17)19(29)31-13-10(8(2)28)11(20)14(21)26-18(13)30-3/h4-6H,20H2,1-3H3,(H2,21,26)(H,23,24)(H,22,25,27). The summed E-state index contributed by atoms with van der Waals surface area (Å²) in [6, 6.07) is 1.45. The lowest BCUT2D eigenvalue weighted by atomic mass is 10.1. The second-order valence-electron chi connectivity index (χ2n) is 6.63. The number of Topliss-reactive ketones (excluding diaryl/α,β-unsaturated/α-hetero) is 1. The molecule has 12 heteroatoms. The summed E-state index contributed by atoms with van der Waals surface area (Å²) in [5.74, 6) is -0.859. The molecule has 0 saturated carbocycles. The number of fused-ring (bicyclic) bond motifs is 1. The van der Waals surface area contributed by atoms with E-state index in [1.807, 2.05) is 6.92 Å². The number of imidazole rings is 2. The lowest BCUT2D eigenvalue weighted by molar-refractivity contribution is 0.0728. The minimum absolute atomic E-state index is 0.0978. The summed E-state index contributed by atoms with van der Waals surface area (Å²) in [5, 5.41) is 0. The quantitative estimate of drug-likeness (QED) is 0.272. The average Bonchev–Trinajstić information content (AvgIpc) is 3.35. The molecule has 0 radical (unpaired) electrons. The third kappa shape index (κ3) is 3.39. The third-order valence-corrected chi connectivity index (χ3v) is 4.47. The molecule has 0 aromatic carbocycles. The number of anilines is 2. The van der Waals surface area contributed by atoms with Crippen molar-refractivity contribution in [1.82, 2.24) is 29.9 Å². The van der Waals surface area contributed by atoms with Gasteiger partial charge in [-0.25, -0.2) is 19.7 Å². The first kappa shape index (κ1) is 19.8. The number of aromatic amines is 2. The van der Waals surface area contributed by atoms with E-state index in [9.17, 15) is 9.59 Å². The SMILES string of the molecule is COc1nc(N)c(N)c(C(C)=O)c1OC(=O)c1ccnc2nc(-c3ncc(C)[nH]3)[nH]c12. The van der Waals surface area contributed by atoms with Gasteiger partial charge in [0.05, 0.1) is 29.4 Å². The van der Waals surface area contributed by atoms with Gasteiger partial charge in [0.1, 0.15) is 0 Å². The van der Waals surface area contributed by atoms with Gasteiger partial charge in [-0.05, 0) is 19.9 Å². The van der Waals surface area contributed by atoms with E-state index in [2.05, 4.69) is 29.9 Å². The molecule has 31 heavy (non-hydrogen) atoms. The fourth-order valence-electron chi connectivity index (χ4n) is 3.03. The maximum Gasteiger partial charge on any atom is 0.346 e. The number of carbonyl (C=O) groups excluding carboxylic acids is 2. The maximum atomic E-state index is 13.0. The van der Waals surface area contributed by atoms with Crippen LogP contribution in [-0.2, 0) is 0 Å². The van der Waals surface area contributed by atoms with Gasteiger partial charge in [-0.2, -0.15) is 4.98 Å². The molecule has 0 fully saturated rings. The number of nitrogens with one attached hydrogen (secondary N) is 2. The minimum atomic E-state index is -0.801. The van der Waals surface area contributed by atoms with E-state index >= 15 is 0 Å². The Morgan fingerprint density at radius 1 is 1.10 bits per heavy atom. The van der Waals surface area contributed by atoms with Crippen molar-refractivity contribution in [3.05, 3.63) is 35.3 Å². The monoisotopic (exact) mass is 422 g/mol. The van der Waals surface area contributed by atoms with E-state index in [-0.39, 0.29) is 39.9 Å². The number of hydrogen-bond acceptors (Lipinski definition) is 10. The molecule has 0 unspecified atom stereocenters. The summed E-state index contributed by atoms with van der Waals surface area (Å²) in [6.07, 6.45) is 3.06. The maximum absolute atomic E-state index is 13.0. The zero-order valence-electron chi connectivity index (χ0n) is 16.8. The van der Waals surface area contributed by atoms with Gasteiger partial charge in [0.2, 0.25) is 5.75 Å². The second-order valence-corrected chi connectivity index (χ2v) is 6.63. The van der Waals surface area contributed by atoms with E-state index in [1.165, 1.54) is 26.3 Å². The van der Waals surface area contributed by atoms with Crippen LogP contribution in [0.5, 0.6) is 11.6 Å².